The molecule has 0 N–H and O–H groups in total. The van der Waals surface area contributed by atoms with Crippen molar-refractivity contribution in [2.24, 2.45) is 0 Å². The Morgan fingerprint density at radius 2 is 1.87 bits per heavy atom. The maximum absolute atomic E-state index is 12.2. The second-order valence-corrected chi connectivity index (χ2v) is 9.13. The molecule has 1 aromatic heterocycles. The molecule has 0 saturated heterocycles. The number of ketones is 1. The molecular formula is C25H25ClN2O2S. The van der Waals surface area contributed by atoms with E-state index in [0.29, 0.717) is 17.2 Å². The fourth-order valence-corrected chi connectivity index (χ4v) is 4.41. The predicted octanol–water partition coefficient (Wildman–Crippen LogP) is 5.90. The summed E-state index contributed by atoms with van der Waals surface area (Å²) in [5.41, 5.74) is 3.61. The molecule has 1 heterocycles. The van der Waals surface area contributed by atoms with Crippen LogP contribution in [-0.4, -0.2) is 41.4 Å². The highest BCUT2D eigenvalue weighted by Gasteiger charge is 2.18. The number of carbonyl (C=O) groups is 2. The summed E-state index contributed by atoms with van der Waals surface area (Å²) in [6.45, 7) is 1.60. The molecule has 31 heavy (non-hydrogen) atoms. The van der Waals surface area contributed by atoms with Crippen LogP contribution >= 0.6 is 23.4 Å². The Labute approximate surface area is 192 Å². The number of aromatic nitrogens is 1. The standard InChI is InChI=1S/C25H25ClN2O2S/c1-17(29)25(31-14-13-24(30)28(2)3)20-6-4-5-18(15-20)7-11-22-12-9-19-8-10-21(26)16-23(19)27-22/h4-12,15-16,25H,13-14H2,1-3H3. The second kappa shape index (κ2) is 10.6. The average Bonchev–Trinajstić information content (AvgIpc) is 2.74. The summed E-state index contributed by atoms with van der Waals surface area (Å²) in [5, 5.41) is 1.41. The number of benzene rings is 2. The fraction of sp³-hybridized carbons (Fsp3) is 0.240. The maximum Gasteiger partial charge on any atom is 0.222 e. The van der Waals surface area contributed by atoms with E-state index in [1.807, 2.05) is 66.7 Å². The van der Waals surface area contributed by atoms with Crippen LogP contribution in [0.15, 0.2) is 54.6 Å². The van der Waals surface area contributed by atoms with Crippen LogP contribution in [-0.2, 0) is 9.59 Å². The van der Waals surface area contributed by atoms with Crippen LogP contribution in [0.3, 0.4) is 0 Å². The van der Waals surface area contributed by atoms with Gasteiger partial charge in [-0.05, 0) is 42.3 Å². The lowest BCUT2D eigenvalue weighted by atomic mass is 10.1. The van der Waals surface area contributed by atoms with E-state index in [9.17, 15) is 9.59 Å². The van der Waals surface area contributed by atoms with Crippen molar-refractivity contribution in [3.05, 3.63) is 76.4 Å². The second-order valence-electron chi connectivity index (χ2n) is 7.48. The molecule has 2 aromatic carbocycles. The fourth-order valence-electron chi connectivity index (χ4n) is 3.14. The molecule has 0 bridgehead atoms. The van der Waals surface area contributed by atoms with Crippen molar-refractivity contribution in [3.63, 3.8) is 0 Å². The van der Waals surface area contributed by atoms with Gasteiger partial charge in [0.2, 0.25) is 5.91 Å². The third-order valence-electron chi connectivity index (χ3n) is 4.80. The zero-order valence-corrected chi connectivity index (χ0v) is 19.4. The van der Waals surface area contributed by atoms with E-state index >= 15 is 0 Å². The number of rotatable bonds is 8. The van der Waals surface area contributed by atoms with Gasteiger partial charge in [0.1, 0.15) is 5.78 Å². The van der Waals surface area contributed by atoms with Gasteiger partial charge in [-0.25, -0.2) is 4.98 Å². The van der Waals surface area contributed by atoms with Gasteiger partial charge in [0.25, 0.3) is 0 Å². The monoisotopic (exact) mass is 452 g/mol. The topological polar surface area (TPSA) is 50.3 Å². The van der Waals surface area contributed by atoms with Crippen LogP contribution in [0.1, 0.15) is 35.4 Å². The third-order valence-corrected chi connectivity index (χ3v) is 6.42. The van der Waals surface area contributed by atoms with Gasteiger partial charge in [-0.15, -0.1) is 11.8 Å². The van der Waals surface area contributed by atoms with Gasteiger partial charge < -0.3 is 4.90 Å². The van der Waals surface area contributed by atoms with Gasteiger partial charge >= 0.3 is 0 Å². The van der Waals surface area contributed by atoms with E-state index in [0.717, 1.165) is 27.7 Å². The number of carbonyl (C=O) groups excluding carboxylic acids is 2. The number of amides is 1. The van der Waals surface area contributed by atoms with Gasteiger partial charge in [-0.1, -0.05) is 54.1 Å². The predicted molar refractivity (Wildman–Crippen MR) is 131 cm³/mol. The zero-order valence-electron chi connectivity index (χ0n) is 17.8. The third kappa shape index (κ3) is 6.42. The average molecular weight is 453 g/mol. The summed E-state index contributed by atoms with van der Waals surface area (Å²) in [4.78, 5) is 30.3. The molecule has 4 nitrogen and oxygen atoms in total. The molecule has 1 unspecified atom stereocenters. The van der Waals surface area contributed by atoms with Crippen LogP contribution in [0.2, 0.25) is 5.02 Å². The molecule has 0 spiro atoms. The smallest absolute Gasteiger partial charge is 0.222 e. The number of fused-ring (bicyclic) bond motifs is 1. The summed E-state index contributed by atoms with van der Waals surface area (Å²) >= 11 is 7.59. The van der Waals surface area contributed by atoms with Crippen molar-refractivity contribution in [2.75, 3.05) is 19.8 Å². The highest BCUT2D eigenvalue weighted by Crippen LogP contribution is 2.31. The first-order valence-corrected chi connectivity index (χ1v) is 11.4. The van der Waals surface area contributed by atoms with Gasteiger partial charge in [0.15, 0.2) is 0 Å². The van der Waals surface area contributed by atoms with E-state index < -0.39 is 0 Å². The molecule has 0 fully saturated rings. The van der Waals surface area contributed by atoms with Gasteiger partial charge in [-0.2, -0.15) is 0 Å². The van der Waals surface area contributed by atoms with Crippen LogP contribution in [0.4, 0.5) is 0 Å². The van der Waals surface area contributed by atoms with E-state index in [4.69, 9.17) is 11.6 Å². The Morgan fingerprint density at radius 1 is 1.10 bits per heavy atom. The summed E-state index contributed by atoms with van der Waals surface area (Å²) in [5.74, 6) is 0.748. The summed E-state index contributed by atoms with van der Waals surface area (Å²) in [6, 6.07) is 17.6. The van der Waals surface area contributed by atoms with Crippen molar-refractivity contribution in [1.82, 2.24) is 9.88 Å². The minimum absolute atomic E-state index is 0.0654. The lowest BCUT2D eigenvalue weighted by Crippen LogP contribution is -2.22. The van der Waals surface area contributed by atoms with Crippen LogP contribution in [0.5, 0.6) is 0 Å². The normalized spacial score (nSPS) is 12.3. The lowest BCUT2D eigenvalue weighted by molar-refractivity contribution is -0.128. The zero-order chi connectivity index (χ0) is 22.4. The first-order valence-electron chi connectivity index (χ1n) is 10.00. The van der Waals surface area contributed by atoms with E-state index in [2.05, 4.69) is 4.98 Å². The molecule has 0 aliphatic heterocycles. The number of hydrogen-bond acceptors (Lipinski definition) is 4. The molecule has 3 aromatic rings. The first-order chi connectivity index (χ1) is 14.8. The quantitative estimate of drug-likeness (QED) is 0.427. The van der Waals surface area contributed by atoms with E-state index in [1.165, 1.54) is 11.8 Å². The molecule has 3 rings (SSSR count). The van der Waals surface area contributed by atoms with Crippen LogP contribution < -0.4 is 0 Å². The number of pyridine rings is 1. The largest absolute Gasteiger partial charge is 0.349 e. The van der Waals surface area contributed by atoms with Crippen LogP contribution in [0, 0.1) is 0 Å². The Balaban J connectivity index is 1.75. The Hall–Kier alpha value is -2.63. The lowest BCUT2D eigenvalue weighted by Gasteiger charge is -2.15. The van der Waals surface area contributed by atoms with E-state index in [1.54, 1.807) is 25.9 Å². The number of halogens is 1. The summed E-state index contributed by atoms with van der Waals surface area (Å²) < 4.78 is 0. The minimum Gasteiger partial charge on any atom is -0.349 e. The molecule has 6 heteroatoms. The van der Waals surface area contributed by atoms with Crippen molar-refractivity contribution in [1.29, 1.82) is 0 Å². The van der Waals surface area contributed by atoms with Crippen molar-refractivity contribution < 1.29 is 9.59 Å². The minimum atomic E-state index is -0.288. The molecule has 0 radical (unpaired) electrons. The molecule has 160 valence electrons. The summed E-state index contributed by atoms with van der Waals surface area (Å²) in [6.07, 6.45) is 4.35. The SMILES string of the molecule is CC(=O)C(SCCC(=O)N(C)C)c1cccc(C=Cc2ccc3ccc(Cl)cc3n2)c1. The molecule has 1 amide bonds. The number of Topliss-reactive ketones (excluding diaryl/α,β-unsaturated/α-hetero) is 1. The van der Waals surface area contributed by atoms with Gasteiger partial charge in [0.05, 0.1) is 16.5 Å². The highest BCUT2D eigenvalue weighted by atomic mass is 35.5. The maximum atomic E-state index is 12.2. The molecular weight excluding hydrogens is 428 g/mol. The van der Waals surface area contributed by atoms with Crippen molar-refractivity contribution >= 4 is 58.1 Å². The van der Waals surface area contributed by atoms with Crippen molar-refractivity contribution in [2.45, 2.75) is 18.6 Å². The molecule has 1 atom stereocenters. The number of thioether (sulfide) groups is 1. The van der Waals surface area contributed by atoms with Gasteiger partial charge in [0, 0.05) is 36.7 Å². The number of nitrogens with zero attached hydrogens (tertiary/aromatic N) is 2. The Morgan fingerprint density at radius 3 is 2.61 bits per heavy atom. The van der Waals surface area contributed by atoms with Crippen molar-refractivity contribution in [3.8, 4) is 0 Å². The highest BCUT2D eigenvalue weighted by molar-refractivity contribution is 8.00. The first kappa shape index (κ1) is 23.0. The van der Waals surface area contributed by atoms with Crippen LogP contribution in [0.25, 0.3) is 23.1 Å². The Kier molecular flexibility index (Phi) is 7.88. The molecule has 0 saturated carbocycles. The van der Waals surface area contributed by atoms with E-state index in [-0.39, 0.29) is 16.9 Å². The van der Waals surface area contributed by atoms with Gasteiger partial charge in [-0.3, -0.25) is 9.59 Å². The summed E-state index contributed by atoms with van der Waals surface area (Å²) in [7, 11) is 3.48. The molecule has 0 aliphatic carbocycles. The number of hydrogen-bond donors (Lipinski definition) is 0. The molecule has 0 aliphatic rings. The Bertz CT molecular complexity index is 1130.